The van der Waals surface area contributed by atoms with Crippen molar-refractivity contribution < 1.29 is 37.6 Å². The Balaban J connectivity index is 1.25. The zero-order chi connectivity index (χ0) is 25.3. The summed E-state index contributed by atoms with van der Waals surface area (Å²) >= 11 is 3.24. The molecule has 0 saturated carbocycles. The maximum absolute atomic E-state index is 13.3. The van der Waals surface area contributed by atoms with Crippen molar-refractivity contribution in [3.8, 4) is 16.9 Å². The Morgan fingerprint density at radius 1 is 1.19 bits per heavy atom. The van der Waals surface area contributed by atoms with Gasteiger partial charge in [-0.2, -0.15) is 0 Å². The monoisotopic (exact) mass is 578 g/mol. The number of para-hydroxylation sites is 1. The van der Waals surface area contributed by atoms with E-state index in [9.17, 15) is 19.3 Å². The molecular weight excluding hydrogens is 555 g/mol. The van der Waals surface area contributed by atoms with Gasteiger partial charge in [-0.15, -0.1) is 0 Å². The second kappa shape index (κ2) is 10.5. The molecule has 5 rings (SSSR count). The van der Waals surface area contributed by atoms with E-state index in [0.29, 0.717) is 16.7 Å². The van der Waals surface area contributed by atoms with E-state index < -0.39 is 38.2 Å². The van der Waals surface area contributed by atoms with Crippen molar-refractivity contribution in [3.05, 3.63) is 65.7 Å². The number of alkyl halides is 1. The standard InChI is InChI=1S/C24H24BrN2O8P/c25-10-9-16-12-27(24(30)26-23(16)29)21-11-19(28)20(34-21)14-33-36(31)32-13-17-7-4-8-18(22(17)35-36)15-5-2-1-3-6-15/h1-9,19-21,28H,10-14H2,(H,26,29,30)/b16-9+/t19-,20+,21+,36?/m0/s1. The molecule has 2 N–H and O–H groups in total. The Morgan fingerprint density at radius 3 is 2.78 bits per heavy atom. The quantitative estimate of drug-likeness (QED) is 0.302. The number of halogens is 1. The van der Waals surface area contributed by atoms with Crippen molar-refractivity contribution in [3.63, 3.8) is 0 Å². The van der Waals surface area contributed by atoms with Gasteiger partial charge in [0.05, 0.1) is 25.9 Å². The molecule has 2 aromatic rings. The van der Waals surface area contributed by atoms with Crippen LogP contribution in [0.5, 0.6) is 5.75 Å². The summed E-state index contributed by atoms with van der Waals surface area (Å²) in [5, 5.41) is 13.3. The normalized spacial score (nSPS) is 29.1. The van der Waals surface area contributed by atoms with E-state index in [0.717, 1.165) is 16.7 Å². The van der Waals surface area contributed by atoms with Gasteiger partial charge < -0.3 is 14.4 Å². The topological polar surface area (TPSA) is 124 Å². The SMILES string of the molecule is O=C1NC(=O)N([C@H]2C[C@H](O)[C@@H](COP3(=O)OCc4cccc(-c5ccccc5)c4O3)O2)C/C1=C\CBr. The number of phosphoric acid groups is 1. The molecule has 1 unspecified atom stereocenters. The highest BCUT2D eigenvalue weighted by Gasteiger charge is 2.44. The van der Waals surface area contributed by atoms with Gasteiger partial charge in [0.2, 0.25) is 0 Å². The number of nitrogens with one attached hydrogen (secondary N) is 1. The van der Waals surface area contributed by atoms with E-state index in [4.69, 9.17) is 18.3 Å². The molecule has 0 radical (unpaired) electrons. The molecule has 12 heteroatoms. The fourth-order valence-electron chi connectivity index (χ4n) is 4.28. The van der Waals surface area contributed by atoms with Crippen molar-refractivity contribution >= 4 is 35.7 Å². The zero-order valence-corrected chi connectivity index (χ0v) is 21.5. The highest BCUT2D eigenvalue weighted by Crippen LogP contribution is 2.56. The number of hydrogen-bond acceptors (Lipinski definition) is 8. The first-order valence-corrected chi connectivity index (χ1v) is 13.9. The maximum Gasteiger partial charge on any atom is 0.530 e. The smallest absolute Gasteiger partial charge is 0.403 e. The van der Waals surface area contributed by atoms with Gasteiger partial charge in [-0.3, -0.25) is 24.1 Å². The van der Waals surface area contributed by atoms with Crippen LogP contribution in [0, 0.1) is 0 Å². The molecule has 3 aliphatic heterocycles. The van der Waals surface area contributed by atoms with E-state index in [1.54, 1.807) is 6.08 Å². The van der Waals surface area contributed by atoms with Gasteiger partial charge in [0.25, 0.3) is 5.91 Å². The Labute approximate surface area is 215 Å². The first kappa shape index (κ1) is 25.1. The third-order valence-corrected chi connectivity index (χ3v) is 7.79. The van der Waals surface area contributed by atoms with E-state index >= 15 is 0 Å². The first-order valence-electron chi connectivity index (χ1n) is 11.3. The zero-order valence-electron chi connectivity index (χ0n) is 19.0. The largest absolute Gasteiger partial charge is 0.530 e. The Hall–Kier alpha value is -2.53. The Morgan fingerprint density at radius 2 is 2.00 bits per heavy atom. The summed E-state index contributed by atoms with van der Waals surface area (Å²) in [5.41, 5.74) is 2.80. The maximum atomic E-state index is 13.3. The number of rotatable bonds is 6. The number of urea groups is 1. The molecule has 3 heterocycles. The van der Waals surface area contributed by atoms with Crippen molar-refractivity contribution in [1.82, 2.24) is 10.2 Å². The van der Waals surface area contributed by atoms with Gasteiger partial charge in [0.15, 0.2) is 0 Å². The number of amides is 3. The van der Waals surface area contributed by atoms with Crippen molar-refractivity contribution in [2.75, 3.05) is 18.5 Å². The second-order valence-electron chi connectivity index (χ2n) is 8.47. The number of phosphoric ester groups is 1. The van der Waals surface area contributed by atoms with E-state index in [1.165, 1.54) is 4.90 Å². The number of imide groups is 1. The van der Waals surface area contributed by atoms with Crippen LogP contribution in [0.1, 0.15) is 12.0 Å². The van der Waals surface area contributed by atoms with Crippen LogP contribution in [0.2, 0.25) is 0 Å². The molecule has 36 heavy (non-hydrogen) atoms. The minimum absolute atomic E-state index is 0.0364. The lowest BCUT2D eigenvalue weighted by atomic mass is 10.0. The molecule has 190 valence electrons. The Kier molecular flexibility index (Phi) is 7.30. The van der Waals surface area contributed by atoms with E-state index in [-0.39, 0.29) is 26.2 Å². The lowest BCUT2D eigenvalue weighted by molar-refractivity contribution is -0.119. The highest BCUT2D eigenvalue weighted by atomic mass is 79.9. The van der Waals surface area contributed by atoms with Crippen molar-refractivity contribution in [2.24, 2.45) is 0 Å². The van der Waals surface area contributed by atoms with Gasteiger partial charge in [-0.25, -0.2) is 9.36 Å². The van der Waals surface area contributed by atoms with Crippen LogP contribution in [0.25, 0.3) is 11.1 Å². The number of aliphatic hydroxyl groups is 1. The molecule has 10 nitrogen and oxygen atoms in total. The van der Waals surface area contributed by atoms with E-state index in [2.05, 4.69) is 21.2 Å². The van der Waals surface area contributed by atoms with Crippen LogP contribution in [0.4, 0.5) is 4.79 Å². The lowest BCUT2D eigenvalue weighted by Crippen LogP contribution is -2.54. The number of hydrogen-bond donors (Lipinski definition) is 2. The fourth-order valence-corrected chi connectivity index (χ4v) is 5.92. The Bertz CT molecular complexity index is 1240. The number of fused-ring (bicyclic) bond motifs is 1. The molecule has 2 saturated heterocycles. The molecule has 0 bridgehead atoms. The molecule has 0 aliphatic carbocycles. The second-order valence-corrected chi connectivity index (χ2v) is 10.7. The van der Waals surface area contributed by atoms with Gasteiger partial charge in [-0.05, 0) is 5.56 Å². The van der Waals surface area contributed by atoms with Crippen LogP contribution < -0.4 is 9.84 Å². The third kappa shape index (κ3) is 5.13. The van der Waals surface area contributed by atoms with Crippen LogP contribution in [0.3, 0.4) is 0 Å². The molecule has 3 amide bonds. The average molecular weight is 579 g/mol. The van der Waals surface area contributed by atoms with Crippen molar-refractivity contribution in [1.29, 1.82) is 0 Å². The first-order chi connectivity index (χ1) is 17.4. The molecule has 0 spiro atoms. The number of carbonyl (C=O) groups excluding carboxylic acids is 2. The average Bonchev–Trinajstić information content (AvgIpc) is 3.25. The van der Waals surface area contributed by atoms with Gasteiger partial charge in [-0.1, -0.05) is 70.5 Å². The summed E-state index contributed by atoms with van der Waals surface area (Å²) in [6.07, 6.45) is -0.906. The number of ether oxygens (including phenoxy) is 1. The van der Waals surface area contributed by atoms with Crippen LogP contribution in [-0.4, -0.2) is 58.9 Å². The minimum Gasteiger partial charge on any atom is -0.403 e. The molecular formula is C24H24BrN2O8P. The number of allylic oxidation sites excluding steroid dienone is 1. The molecule has 2 fully saturated rings. The summed E-state index contributed by atoms with van der Waals surface area (Å²) in [4.78, 5) is 25.7. The number of carbonyl (C=O) groups is 2. The number of aliphatic hydroxyl groups excluding tert-OH is 1. The summed E-state index contributed by atoms with van der Waals surface area (Å²) < 4.78 is 35.9. The number of nitrogens with zero attached hydrogens (tertiary/aromatic N) is 1. The van der Waals surface area contributed by atoms with E-state index in [1.807, 2.05) is 48.5 Å². The summed E-state index contributed by atoms with van der Waals surface area (Å²) in [5.74, 6) is -0.0428. The molecule has 4 atom stereocenters. The van der Waals surface area contributed by atoms with Crippen LogP contribution in [0.15, 0.2) is 60.2 Å². The predicted molar refractivity (Wildman–Crippen MR) is 132 cm³/mol. The van der Waals surface area contributed by atoms with Crippen LogP contribution in [-0.2, 0) is 29.8 Å². The third-order valence-electron chi connectivity index (χ3n) is 6.15. The number of benzene rings is 2. The summed E-state index contributed by atoms with van der Waals surface area (Å²) in [7, 11) is -4.01. The van der Waals surface area contributed by atoms with Gasteiger partial charge >= 0.3 is 13.9 Å². The summed E-state index contributed by atoms with van der Waals surface area (Å²) in [6.45, 7) is -0.199. The van der Waals surface area contributed by atoms with Crippen LogP contribution >= 0.6 is 23.8 Å². The van der Waals surface area contributed by atoms with Gasteiger partial charge in [0, 0.05) is 28.5 Å². The molecule has 2 aromatic carbocycles. The molecule has 3 aliphatic rings. The van der Waals surface area contributed by atoms with Crippen molar-refractivity contribution in [2.45, 2.75) is 31.5 Å². The fraction of sp³-hybridized carbons (Fsp3) is 0.333. The minimum atomic E-state index is -4.01. The predicted octanol–water partition coefficient (Wildman–Crippen LogP) is 3.74. The molecule has 0 aromatic heterocycles. The summed E-state index contributed by atoms with van der Waals surface area (Å²) in [6, 6.07) is 14.5. The lowest BCUT2D eigenvalue weighted by Gasteiger charge is -2.32. The van der Waals surface area contributed by atoms with Gasteiger partial charge in [0.1, 0.15) is 18.1 Å². The highest BCUT2D eigenvalue weighted by molar-refractivity contribution is 9.09.